The standard InChI is InChI=1S/C19H36O2/c1-14(2)19(8,17(3,4)5)16(20)21-18(6,7)15-12-10-9-11-13-15/h14-15H,9-13H2,1-8H3. The van der Waals surface area contributed by atoms with Crippen LogP contribution < -0.4 is 0 Å². The molecule has 21 heavy (non-hydrogen) atoms. The molecule has 0 aromatic carbocycles. The van der Waals surface area contributed by atoms with Crippen molar-refractivity contribution in [3.05, 3.63) is 0 Å². The van der Waals surface area contributed by atoms with Gasteiger partial charge in [-0.05, 0) is 50.9 Å². The second-order valence-corrected chi connectivity index (χ2v) is 8.93. The maximum absolute atomic E-state index is 13.0. The molecular weight excluding hydrogens is 260 g/mol. The Bertz CT molecular complexity index is 356. The predicted molar refractivity (Wildman–Crippen MR) is 89.1 cm³/mol. The van der Waals surface area contributed by atoms with Gasteiger partial charge in [-0.15, -0.1) is 0 Å². The molecule has 0 radical (unpaired) electrons. The van der Waals surface area contributed by atoms with Gasteiger partial charge in [0.15, 0.2) is 0 Å². The molecule has 0 bridgehead atoms. The van der Waals surface area contributed by atoms with E-state index in [1.807, 2.05) is 0 Å². The number of ether oxygens (including phenoxy) is 1. The second kappa shape index (κ2) is 6.30. The van der Waals surface area contributed by atoms with Crippen LogP contribution in [0.4, 0.5) is 0 Å². The van der Waals surface area contributed by atoms with Crippen molar-refractivity contribution in [2.45, 2.75) is 93.1 Å². The van der Waals surface area contributed by atoms with Crippen LogP contribution in [-0.2, 0) is 9.53 Å². The van der Waals surface area contributed by atoms with E-state index in [1.165, 1.54) is 32.1 Å². The van der Waals surface area contributed by atoms with Crippen LogP contribution in [0, 0.1) is 22.7 Å². The zero-order chi connectivity index (χ0) is 16.5. The SMILES string of the molecule is CC(C)C(C)(C(=O)OC(C)(C)C1CCCCC1)C(C)(C)C. The molecular formula is C19H36O2. The molecule has 0 amide bonds. The van der Waals surface area contributed by atoms with Gasteiger partial charge in [0.05, 0.1) is 5.41 Å². The summed E-state index contributed by atoms with van der Waals surface area (Å²) in [4.78, 5) is 13.0. The van der Waals surface area contributed by atoms with Gasteiger partial charge in [-0.25, -0.2) is 0 Å². The first-order valence-corrected chi connectivity index (χ1v) is 8.66. The highest BCUT2D eigenvalue weighted by Gasteiger charge is 2.50. The Morgan fingerprint density at radius 2 is 1.43 bits per heavy atom. The molecule has 1 saturated carbocycles. The smallest absolute Gasteiger partial charge is 0.313 e. The zero-order valence-corrected chi connectivity index (χ0v) is 15.5. The van der Waals surface area contributed by atoms with Crippen molar-refractivity contribution in [3.63, 3.8) is 0 Å². The highest BCUT2D eigenvalue weighted by molar-refractivity contribution is 5.78. The van der Waals surface area contributed by atoms with Crippen LogP contribution in [0.5, 0.6) is 0 Å². The van der Waals surface area contributed by atoms with Gasteiger partial charge in [-0.1, -0.05) is 53.9 Å². The zero-order valence-electron chi connectivity index (χ0n) is 15.5. The van der Waals surface area contributed by atoms with E-state index in [1.54, 1.807) is 0 Å². The van der Waals surface area contributed by atoms with Gasteiger partial charge >= 0.3 is 5.97 Å². The van der Waals surface area contributed by atoms with E-state index in [0.717, 1.165) is 0 Å². The number of carbonyl (C=O) groups excluding carboxylic acids is 1. The molecule has 1 fully saturated rings. The summed E-state index contributed by atoms with van der Waals surface area (Å²) in [6, 6.07) is 0. The Labute approximate surface area is 132 Å². The number of hydrogen-bond acceptors (Lipinski definition) is 2. The first-order valence-electron chi connectivity index (χ1n) is 8.66. The average Bonchev–Trinajstić information content (AvgIpc) is 2.36. The molecule has 2 heteroatoms. The maximum atomic E-state index is 13.0. The minimum Gasteiger partial charge on any atom is -0.459 e. The largest absolute Gasteiger partial charge is 0.459 e. The lowest BCUT2D eigenvalue weighted by Crippen LogP contribution is -2.50. The molecule has 0 heterocycles. The lowest BCUT2D eigenvalue weighted by Gasteiger charge is -2.46. The van der Waals surface area contributed by atoms with Crippen molar-refractivity contribution in [2.24, 2.45) is 22.7 Å². The number of rotatable bonds is 4. The van der Waals surface area contributed by atoms with Gasteiger partial charge in [0.1, 0.15) is 5.60 Å². The monoisotopic (exact) mass is 296 g/mol. The van der Waals surface area contributed by atoms with Crippen molar-refractivity contribution < 1.29 is 9.53 Å². The average molecular weight is 296 g/mol. The van der Waals surface area contributed by atoms with Gasteiger partial charge in [-0.3, -0.25) is 4.79 Å². The molecule has 0 aromatic rings. The maximum Gasteiger partial charge on any atom is 0.313 e. The van der Waals surface area contributed by atoms with E-state index >= 15 is 0 Å². The van der Waals surface area contributed by atoms with E-state index in [-0.39, 0.29) is 22.9 Å². The van der Waals surface area contributed by atoms with Crippen molar-refractivity contribution in [1.82, 2.24) is 0 Å². The minimum atomic E-state index is -0.459. The van der Waals surface area contributed by atoms with Crippen molar-refractivity contribution in [2.75, 3.05) is 0 Å². The third-order valence-electron chi connectivity index (χ3n) is 6.08. The van der Waals surface area contributed by atoms with Gasteiger partial charge in [0.25, 0.3) is 0 Å². The summed E-state index contributed by atoms with van der Waals surface area (Å²) in [5, 5.41) is 0. The second-order valence-electron chi connectivity index (χ2n) is 8.93. The van der Waals surface area contributed by atoms with Crippen LogP contribution in [0.2, 0.25) is 0 Å². The van der Waals surface area contributed by atoms with E-state index < -0.39 is 5.41 Å². The van der Waals surface area contributed by atoms with Crippen LogP contribution in [-0.4, -0.2) is 11.6 Å². The molecule has 2 nitrogen and oxygen atoms in total. The van der Waals surface area contributed by atoms with Gasteiger partial charge in [0.2, 0.25) is 0 Å². The molecule has 1 aliphatic carbocycles. The normalized spacial score (nSPS) is 21.2. The van der Waals surface area contributed by atoms with Gasteiger partial charge in [-0.2, -0.15) is 0 Å². The molecule has 1 unspecified atom stereocenters. The Morgan fingerprint density at radius 1 is 0.952 bits per heavy atom. The fourth-order valence-electron chi connectivity index (χ4n) is 3.63. The van der Waals surface area contributed by atoms with Crippen molar-refractivity contribution in [1.29, 1.82) is 0 Å². The lowest BCUT2D eigenvalue weighted by atomic mass is 9.61. The molecule has 1 atom stereocenters. The van der Waals surface area contributed by atoms with Crippen LogP contribution in [0.25, 0.3) is 0 Å². The quantitative estimate of drug-likeness (QED) is 0.631. The fraction of sp³-hybridized carbons (Fsp3) is 0.947. The summed E-state index contributed by atoms with van der Waals surface area (Å²) in [6.45, 7) is 16.9. The minimum absolute atomic E-state index is 0.0272. The molecule has 0 aromatic heterocycles. The van der Waals surface area contributed by atoms with Crippen LogP contribution in [0.15, 0.2) is 0 Å². The van der Waals surface area contributed by atoms with E-state index in [2.05, 4.69) is 55.4 Å². The summed E-state index contributed by atoms with van der Waals surface area (Å²) in [5.74, 6) is 0.735. The molecule has 0 N–H and O–H groups in total. The fourth-order valence-corrected chi connectivity index (χ4v) is 3.63. The molecule has 1 rings (SSSR count). The first kappa shape index (κ1) is 18.5. The van der Waals surface area contributed by atoms with Crippen molar-refractivity contribution >= 4 is 5.97 Å². The highest BCUT2D eigenvalue weighted by atomic mass is 16.6. The van der Waals surface area contributed by atoms with E-state index in [9.17, 15) is 4.79 Å². The number of hydrogen-bond donors (Lipinski definition) is 0. The van der Waals surface area contributed by atoms with Gasteiger partial charge < -0.3 is 4.74 Å². The lowest BCUT2D eigenvalue weighted by molar-refractivity contribution is -0.185. The number of esters is 1. The Hall–Kier alpha value is -0.530. The van der Waals surface area contributed by atoms with Gasteiger partial charge in [0, 0.05) is 0 Å². The summed E-state index contributed by atoms with van der Waals surface area (Å²) in [6.07, 6.45) is 6.24. The topological polar surface area (TPSA) is 26.3 Å². The van der Waals surface area contributed by atoms with Crippen LogP contribution >= 0.6 is 0 Å². The summed E-state index contributed by atoms with van der Waals surface area (Å²) in [5.41, 5.74) is -0.918. The summed E-state index contributed by atoms with van der Waals surface area (Å²) < 4.78 is 6.09. The Morgan fingerprint density at radius 3 is 1.81 bits per heavy atom. The summed E-state index contributed by atoms with van der Waals surface area (Å²) >= 11 is 0. The molecule has 124 valence electrons. The third kappa shape index (κ3) is 3.81. The predicted octanol–water partition coefficient (Wildman–Crippen LogP) is 5.60. The van der Waals surface area contributed by atoms with E-state index in [0.29, 0.717) is 5.92 Å². The summed E-state index contributed by atoms with van der Waals surface area (Å²) in [7, 11) is 0. The van der Waals surface area contributed by atoms with E-state index in [4.69, 9.17) is 4.74 Å². The molecule has 0 saturated heterocycles. The van der Waals surface area contributed by atoms with Crippen LogP contribution in [0.3, 0.4) is 0 Å². The molecule has 0 spiro atoms. The third-order valence-corrected chi connectivity index (χ3v) is 6.08. The molecule has 1 aliphatic rings. The first-order chi connectivity index (χ1) is 9.43. The molecule has 0 aliphatic heterocycles. The number of carbonyl (C=O) groups is 1. The highest BCUT2D eigenvalue weighted by Crippen LogP contribution is 2.47. The Kier molecular flexibility index (Phi) is 5.56. The Balaban J connectivity index is 2.91. The van der Waals surface area contributed by atoms with Crippen molar-refractivity contribution in [3.8, 4) is 0 Å². The van der Waals surface area contributed by atoms with Crippen LogP contribution in [0.1, 0.15) is 87.5 Å².